The molecule has 176 valence electrons. The van der Waals surface area contributed by atoms with Crippen molar-refractivity contribution in [1.29, 1.82) is 0 Å². The third kappa shape index (κ3) is 4.77. The SMILES string of the molecule is CC[C@@H](C)n1nnc2cc(S(=O)(=O)N3CCC(C(=O)NCc4ccccc4F)CC3)ccc21. The second-order valence-electron chi connectivity index (χ2n) is 8.43. The number of piperidine rings is 1. The van der Waals surface area contributed by atoms with Gasteiger partial charge in [0.1, 0.15) is 11.3 Å². The topological polar surface area (TPSA) is 97.2 Å². The van der Waals surface area contributed by atoms with Crippen molar-refractivity contribution in [3.63, 3.8) is 0 Å². The van der Waals surface area contributed by atoms with E-state index < -0.39 is 10.0 Å². The van der Waals surface area contributed by atoms with Crippen LogP contribution in [-0.4, -0.2) is 46.7 Å². The van der Waals surface area contributed by atoms with Crippen LogP contribution in [0.15, 0.2) is 47.4 Å². The van der Waals surface area contributed by atoms with Crippen LogP contribution in [0.4, 0.5) is 4.39 Å². The summed E-state index contributed by atoms with van der Waals surface area (Å²) in [5.74, 6) is -0.848. The molecule has 1 aromatic heterocycles. The van der Waals surface area contributed by atoms with Crippen LogP contribution < -0.4 is 5.32 Å². The van der Waals surface area contributed by atoms with Crippen LogP contribution in [0.1, 0.15) is 44.7 Å². The van der Waals surface area contributed by atoms with Gasteiger partial charge in [-0.25, -0.2) is 17.5 Å². The first-order chi connectivity index (χ1) is 15.8. The van der Waals surface area contributed by atoms with Gasteiger partial charge in [-0.15, -0.1) is 5.10 Å². The van der Waals surface area contributed by atoms with Crippen LogP contribution in [0, 0.1) is 11.7 Å². The molecule has 1 amide bonds. The van der Waals surface area contributed by atoms with Gasteiger partial charge in [-0.2, -0.15) is 4.31 Å². The number of amides is 1. The maximum Gasteiger partial charge on any atom is 0.243 e. The van der Waals surface area contributed by atoms with Crippen molar-refractivity contribution in [2.75, 3.05) is 13.1 Å². The summed E-state index contributed by atoms with van der Waals surface area (Å²) in [6.45, 7) is 4.70. The van der Waals surface area contributed by atoms with E-state index in [0.29, 0.717) is 23.9 Å². The fraction of sp³-hybridized carbons (Fsp3) is 0.435. The molecule has 1 aliphatic rings. The molecule has 0 aliphatic carbocycles. The smallest absolute Gasteiger partial charge is 0.243 e. The summed E-state index contributed by atoms with van der Waals surface area (Å²) >= 11 is 0. The number of nitrogens with zero attached hydrogens (tertiary/aromatic N) is 4. The zero-order valence-electron chi connectivity index (χ0n) is 18.7. The molecule has 1 saturated heterocycles. The molecule has 8 nitrogen and oxygen atoms in total. The lowest BCUT2D eigenvalue weighted by Crippen LogP contribution is -2.42. The van der Waals surface area contributed by atoms with Gasteiger partial charge in [0.15, 0.2) is 0 Å². The number of carbonyl (C=O) groups is 1. The van der Waals surface area contributed by atoms with E-state index in [1.165, 1.54) is 10.4 Å². The highest BCUT2D eigenvalue weighted by atomic mass is 32.2. The Morgan fingerprint density at radius 1 is 1.21 bits per heavy atom. The van der Waals surface area contributed by atoms with E-state index in [0.717, 1.165) is 11.9 Å². The molecule has 1 aliphatic heterocycles. The first-order valence-electron chi connectivity index (χ1n) is 11.2. The largest absolute Gasteiger partial charge is 0.352 e. The maximum atomic E-state index is 13.7. The Bertz CT molecular complexity index is 1250. The van der Waals surface area contributed by atoms with Gasteiger partial charge in [-0.3, -0.25) is 4.79 Å². The van der Waals surface area contributed by atoms with Crippen molar-refractivity contribution in [3.8, 4) is 0 Å². The summed E-state index contributed by atoms with van der Waals surface area (Å²) in [5, 5.41) is 11.1. The molecule has 3 aromatic rings. The molecular weight excluding hydrogens is 445 g/mol. The Morgan fingerprint density at radius 3 is 2.64 bits per heavy atom. The average Bonchev–Trinajstić information content (AvgIpc) is 3.26. The van der Waals surface area contributed by atoms with E-state index in [2.05, 4.69) is 22.6 Å². The van der Waals surface area contributed by atoms with Gasteiger partial charge in [0, 0.05) is 31.1 Å². The number of carbonyl (C=O) groups excluding carboxylic acids is 1. The molecule has 0 radical (unpaired) electrons. The Kier molecular flexibility index (Phi) is 6.76. The first kappa shape index (κ1) is 23.3. The Labute approximate surface area is 192 Å². The molecule has 0 bridgehead atoms. The quantitative estimate of drug-likeness (QED) is 0.568. The third-order valence-electron chi connectivity index (χ3n) is 6.32. The monoisotopic (exact) mass is 473 g/mol. The van der Waals surface area contributed by atoms with E-state index in [-0.39, 0.29) is 48.2 Å². The van der Waals surface area contributed by atoms with Gasteiger partial charge in [0.25, 0.3) is 0 Å². The normalized spacial score (nSPS) is 16.7. The van der Waals surface area contributed by atoms with E-state index in [9.17, 15) is 17.6 Å². The Morgan fingerprint density at radius 2 is 1.94 bits per heavy atom. The molecule has 4 rings (SSSR count). The zero-order chi connectivity index (χ0) is 23.6. The van der Waals surface area contributed by atoms with E-state index >= 15 is 0 Å². The van der Waals surface area contributed by atoms with Gasteiger partial charge in [-0.1, -0.05) is 30.3 Å². The number of hydrogen-bond donors (Lipinski definition) is 1. The Balaban J connectivity index is 1.39. The second-order valence-corrected chi connectivity index (χ2v) is 10.4. The second kappa shape index (κ2) is 9.56. The van der Waals surface area contributed by atoms with Gasteiger partial charge in [0.2, 0.25) is 15.9 Å². The van der Waals surface area contributed by atoms with E-state index in [1.807, 2.05) is 6.92 Å². The summed E-state index contributed by atoms with van der Waals surface area (Å²) in [4.78, 5) is 12.7. The summed E-state index contributed by atoms with van der Waals surface area (Å²) in [5.41, 5.74) is 1.76. The number of benzene rings is 2. The predicted molar refractivity (Wildman–Crippen MR) is 122 cm³/mol. The minimum Gasteiger partial charge on any atom is -0.352 e. The van der Waals surface area contributed by atoms with Crippen molar-refractivity contribution < 1.29 is 17.6 Å². The molecule has 10 heteroatoms. The van der Waals surface area contributed by atoms with Gasteiger partial charge in [-0.05, 0) is 50.5 Å². The number of rotatable bonds is 7. The summed E-state index contributed by atoms with van der Waals surface area (Å²) in [6, 6.07) is 11.4. The van der Waals surface area contributed by atoms with Crippen LogP contribution in [0.5, 0.6) is 0 Å². The van der Waals surface area contributed by atoms with Crippen LogP contribution in [0.2, 0.25) is 0 Å². The van der Waals surface area contributed by atoms with Gasteiger partial charge < -0.3 is 5.32 Å². The molecular formula is C23H28FN5O3S. The molecule has 33 heavy (non-hydrogen) atoms. The third-order valence-corrected chi connectivity index (χ3v) is 8.22. The molecule has 2 aromatic carbocycles. The molecule has 1 fully saturated rings. The van der Waals surface area contributed by atoms with E-state index in [1.54, 1.807) is 41.1 Å². The number of aromatic nitrogens is 3. The van der Waals surface area contributed by atoms with Crippen LogP contribution in [-0.2, 0) is 21.4 Å². The molecule has 1 N–H and O–H groups in total. The lowest BCUT2D eigenvalue weighted by Gasteiger charge is -2.30. The summed E-state index contributed by atoms with van der Waals surface area (Å²) in [7, 11) is -3.71. The lowest BCUT2D eigenvalue weighted by atomic mass is 9.97. The van der Waals surface area contributed by atoms with E-state index in [4.69, 9.17) is 0 Å². The van der Waals surface area contributed by atoms with Crippen LogP contribution in [0.3, 0.4) is 0 Å². The summed E-state index contributed by atoms with van der Waals surface area (Å²) < 4.78 is 43.3. The number of fused-ring (bicyclic) bond motifs is 1. The number of sulfonamides is 1. The number of nitrogens with one attached hydrogen (secondary N) is 1. The molecule has 0 unspecified atom stereocenters. The maximum absolute atomic E-state index is 13.7. The molecule has 0 saturated carbocycles. The van der Waals surface area contributed by atoms with Crippen LogP contribution in [0.25, 0.3) is 11.0 Å². The lowest BCUT2D eigenvalue weighted by molar-refractivity contribution is -0.126. The van der Waals surface area contributed by atoms with Crippen molar-refractivity contribution in [1.82, 2.24) is 24.6 Å². The predicted octanol–water partition coefficient (Wildman–Crippen LogP) is 3.26. The zero-order valence-corrected chi connectivity index (χ0v) is 19.6. The minimum absolute atomic E-state index is 0.112. The highest BCUT2D eigenvalue weighted by Gasteiger charge is 2.32. The summed E-state index contributed by atoms with van der Waals surface area (Å²) in [6.07, 6.45) is 1.71. The number of halogens is 1. The average molecular weight is 474 g/mol. The number of hydrogen-bond acceptors (Lipinski definition) is 5. The first-order valence-corrected chi connectivity index (χ1v) is 12.6. The fourth-order valence-corrected chi connectivity index (χ4v) is 5.55. The van der Waals surface area contributed by atoms with Crippen LogP contribution >= 0.6 is 0 Å². The standard InChI is InChI=1S/C23H28FN5O3S/c1-3-16(2)29-22-9-8-19(14-21(22)26-27-29)33(31,32)28-12-10-17(11-13-28)23(30)25-15-18-6-4-5-7-20(18)24/h4-9,14,16-17H,3,10-13,15H2,1-2H3,(H,25,30)/t16-/m1/s1. The van der Waals surface area contributed by atoms with Crippen molar-refractivity contribution in [2.24, 2.45) is 5.92 Å². The van der Waals surface area contributed by atoms with Gasteiger partial charge in [0.05, 0.1) is 16.5 Å². The van der Waals surface area contributed by atoms with Crippen molar-refractivity contribution >= 4 is 27.0 Å². The highest BCUT2D eigenvalue weighted by Crippen LogP contribution is 2.27. The Hall–Kier alpha value is -2.85. The molecule has 1 atom stereocenters. The van der Waals surface area contributed by atoms with Gasteiger partial charge >= 0.3 is 0 Å². The highest BCUT2D eigenvalue weighted by molar-refractivity contribution is 7.89. The fourth-order valence-electron chi connectivity index (χ4n) is 4.06. The van der Waals surface area contributed by atoms with Crippen molar-refractivity contribution in [2.45, 2.75) is 50.6 Å². The molecule has 2 heterocycles. The minimum atomic E-state index is -3.71. The van der Waals surface area contributed by atoms with Crippen molar-refractivity contribution in [3.05, 3.63) is 53.8 Å². The molecule has 0 spiro atoms.